The van der Waals surface area contributed by atoms with Gasteiger partial charge < -0.3 is 51.7 Å². The van der Waals surface area contributed by atoms with Crippen molar-refractivity contribution in [2.24, 2.45) is 21.7 Å². The summed E-state index contributed by atoms with van der Waals surface area (Å²) in [6.45, 7) is 17.6. The van der Waals surface area contributed by atoms with Crippen LogP contribution in [0.15, 0.2) is 66.4 Å². The number of aliphatic hydroxyl groups excluding tert-OH is 4. The van der Waals surface area contributed by atoms with E-state index in [0.717, 1.165) is 62.2 Å². The van der Waals surface area contributed by atoms with E-state index in [0.29, 0.717) is 94.3 Å². The summed E-state index contributed by atoms with van der Waals surface area (Å²) in [6, 6.07) is 15.7. The van der Waals surface area contributed by atoms with E-state index in [1.54, 1.807) is 0 Å². The topological polar surface area (TPSA) is 238 Å². The van der Waals surface area contributed by atoms with E-state index >= 15 is 0 Å². The van der Waals surface area contributed by atoms with Crippen LogP contribution < -0.4 is 21.3 Å². The summed E-state index contributed by atoms with van der Waals surface area (Å²) >= 11 is 15.5. The van der Waals surface area contributed by atoms with Crippen LogP contribution in [0.5, 0.6) is 0 Å². The van der Waals surface area contributed by atoms with Gasteiger partial charge in [0.15, 0.2) is 23.3 Å². The van der Waals surface area contributed by atoms with E-state index in [9.17, 15) is 20.4 Å². The highest BCUT2D eigenvalue weighted by Crippen LogP contribution is 2.48. The number of fused-ring (bicyclic) bond motifs is 20. The molecule has 0 spiro atoms. The van der Waals surface area contributed by atoms with E-state index in [1.165, 1.54) is 0 Å². The Morgan fingerprint density at radius 3 is 0.944 bits per heavy atom. The summed E-state index contributed by atoms with van der Waals surface area (Å²) in [7, 11) is 0. The lowest BCUT2D eigenvalue weighted by atomic mass is 9.94. The zero-order chi connectivity index (χ0) is 51.7. The van der Waals surface area contributed by atoms with Crippen molar-refractivity contribution in [2.75, 3.05) is 73.9 Å². The summed E-state index contributed by atoms with van der Waals surface area (Å²) in [5, 5.41) is 58.5. The van der Waals surface area contributed by atoms with Crippen LogP contribution in [0.25, 0.3) is 89.7 Å². The largest absolute Gasteiger partial charge is 0.396 e. The lowest BCUT2D eigenvalue weighted by Gasteiger charge is -2.23. The van der Waals surface area contributed by atoms with E-state index in [4.69, 9.17) is 29.9 Å². The summed E-state index contributed by atoms with van der Waals surface area (Å²) < 4.78 is 2.98. The van der Waals surface area contributed by atoms with Gasteiger partial charge in [0.25, 0.3) is 0 Å². The van der Waals surface area contributed by atoms with Gasteiger partial charge in [0, 0.05) is 137 Å². The van der Waals surface area contributed by atoms with Crippen molar-refractivity contribution < 1.29 is 20.4 Å². The van der Waals surface area contributed by atoms with Crippen LogP contribution in [-0.4, -0.2) is 113 Å². The summed E-state index contributed by atoms with van der Waals surface area (Å²) in [5.74, 6) is 1.49. The van der Waals surface area contributed by atoms with Gasteiger partial charge in [0.1, 0.15) is 22.6 Å². The van der Waals surface area contributed by atoms with Crippen LogP contribution in [0.1, 0.15) is 55.4 Å². The molecule has 9 rings (SSSR count). The van der Waals surface area contributed by atoms with Crippen LogP contribution in [-0.2, 0) is 0 Å². The molecule has 8 bridgehead atoms. The maximum Gasteiger partial charge on any atom is 0.166 e. The average molecular weight is 1230 g/mol. The Bertz CT molecular complexity index is 3460. The number of halogens is 4. The van der Waals surface area contributed by atoms with Crippen molar-refractivity contribution in [3.05, 3.63) is 66.4 Å². The number of nitrogens with one attached hydrogen (secondary N) is 6. The van der Waals surface area contributed by atoms with Gasteiger partial charge in [-0.05, 0) is 48.5 Å². The smallest absolute Gasteiger partial charge is 0.166 e. The molecule has 16 nitrogen and oxygen atoms in total. The van der Waals surface area contributed by atoms with Gasteiger partial charge in [-0.2, -0.15) is 0 Å². The first kappa shape index (κ1) is 52.1. The number of H-pyrrole nitrogens is 2. The number of nitrogens with zero attached hydrogens (tertiary/aromatic N) is 6. The molecule has 0 saturated carbocycles. The molecular formula is C52H58Br4N12O4. The third-order valence-corrected chi connectivity index (χ3v) is 15.6. The van der Waals surface area contributed by atoms with Crippen LogP contribution in [0, 0.1) is 21.7 Å². The SMILES string of the molecule is CC(C)(CO)CNc1ccc(Br)c2c1-c1nc-2nc2[nH]c(nc3nc(nc4[nH]c(n1)c1c(Br)ccc(NCC(C)(C)CO)c41)-c1c(Br)ccc(NCC(C)(C)CO)c1-3)c1c(NCC(C)(C)CO)ccc(Br)c21. The first-order chi connectivity index (χ1) is 34.1. The fraction of sp³-hybridized carbons (Fsp3) is 0.385. The maximum absolute atomic E-state index is 10.3. The number of aromatic amines is 2. The van der Waals surface area contributed by atoms with Crippen molar-refractivity contribution in [3.63, 3.8) is 0 Å². The number of benzene rings is 4. The quantitative estimate of drug-likeness (QED) is 0.0433. The molecule has 2 aliphatic heterocycles. The lowest BCUT2D eigenvalue weighted by Crippen LogP contribution is -2.27. The molecule has 7 aromatic rings. The fourth-order valence-corrected chi connectivity index (χ4v) is 10.3. The van der Waals surface area contributed by atoms with Crippen molar-refractivity contribution >= 4 is 131 Å². The van der Waals surface area contributed by atoms with Crippen molar-refractivity contribution in [1.82, 2.24) is 39.9 Å². The number of aromatic nitrogens is 8. The second kappa shape index (κ2) is 19.8. The predicted octanol–water partition coefficient (Wildman–Crippen LogP) is 11.6. The second-order valence-electron chi connectivity index (χ2n) is 21.7. The Labute approximate surface area is 450 Å². The minimum atomic E-state index is -0.456. The van der Waals surface area contributed by atoms with Crippen LogP contribution in [0.2, 0.25) is 0 Å². The Morgan fingerprint density at radius 2 is 0.625 bits per heavy atom. The molecule has 0 radical (unpaired) electrons. The monoisotopic (exact) mass is 1230 g/mol. The minimum Gasteiger partial charge on any atom is -0.396 e. The van der Waals surface area contributed by atoms with Gasteiger partial charge in [0.05, 0.1) is 21.9 Å². The molecule has 0 amide bonds. The molecule has 0 saturated heterocycles. The van der Waals surface area contributed by atoms with E-state index in [2.05, 4.69) is 95.0 Å². The first-order valence-electron chi connectivity index (χ1n) is 23.6. The van der Waals surface area contributed by atoms with Crippen molar-refractivity contribution in [1.29, 1.82) is 0 Å². The first-order valence-corrected chi connectivity index (χ1v) is 26.8. The highest BCUT2D eigenvalue weighted by Gasteiger charge is 2.31. The Morgan fingerprint density at radius 1 is 0.361 bits per heavy atom. The maximum atomic E-state index is 10.3. The molecule has 20 heteroatoms. The van der Waals surface area contributed by atoms with E-state index < -0.39 is 21.7 Å². The molecule has 378 valence electrons. The number of anilines is 4. The number of hydrogen-bond donors (Lipinski definition) is 10. The summed E-state index contributed by atoms with van der Waals surface area (Å²) in [4.78, 5) is 39.3. The highest BCUT2D eigenvalue weighted by atomic mass is 79.9. The fourth-order valence-electron chi connectivity index (χ4n) is 8.30. The van der Waals surface area contributed by atoms with Gasteiger partial charge in [0.2, 0.25) is 0 Å². The van der Waals surface area contributed by atoms with E-state index in [-0.39, 0.29) is 26.4 Å². The number of aliphatic hydroxyl groups is 4. The Balaban J connectivity index is 1.47. The van der Waals surface area contributed by atoms with Gasteiger partial charge >= 0.3 is 0 Å². The molecule has 0 fully saturated rings. The summed E-state index contributed by atoms with van der Waals surface area (Å²) in [6.07, 6.45) is 0. The minimum absolute atomic E-state index is 0.0287. The van der Waals surface area contributed by atoms with E-state index in [1.807, 2.05) is 104 Å². The molecule has 2 aliphatic rings. The number of hydrogen-bond acceptors (Lipinski definition) is 14. The highest BCUT2D eigenvalue weighted by molar-refractivity contribution is 9.11. The zero-order valence-electron chi connectivity index (χ0n) is 41.3. The number of rotatable bonds is 16. The summed E-state index contributed by atoms with van der Waals surface area (Å²) in [5.41, 5.74) is 5.82. The Kier molecular flexibility index (Phi) is 14.3. The third-order valence-electron chi connectivity index (χ3n) is 13.0. The predicted molar refractivity (Wildman–Crippen MR) is 304 cm³/mol. The molecule has 72 heavy (non-hydrogen) atoms. The lowest BCUT2D eigenvalue weighted by molar-refractivity contribution is 0.171. The molecule has 4 aromatic carbocycles. The average Bonchev–Trinajstić information content (AvgIpc) is 4.10. The Hall–Kier alpha value is -4.80. The van der Waals surface area contributed by atoms with Crippen molar-refractivity contribution in [3.8, 4) is 45.6 Å². The molecule has 0 aliphatic carbocycles. The van der Waals surface area contributed by atoms with Crippen molar-refractivity contribution in [2.45, 2.75) is 55.4 Å². The third kappa shape index (κ3) is 10.1. The zero-order valence-corrected chi connectivity index (χ0v) is 47.6. The van der Waals surface area contributed by atoms with Gasteiger partial charge in [-0.1, -0.05) is 119 Å². The van der Waals surface area contributed by atoms with Crippen LogP contribution in [0.3, 0.4) is 0 Å². The van der Waals surface area contributed by atoms with Crippen LogP contribution >= 0.6 is 63.7 Å². The molecule has 3 aromatic heterocycles. The second-order valence-corrected chi connectivity index (χ2v) is 25.1. The molecule has 0 atom stereocenters. The molecule has 0 unspecified atom stereocenters. The van der Waals surface area contributed by atoms with Gasteiger partial charge in [-0.15, -0.1) is 0 Å². The molecular weight excluding hydrogens is 1180 g/mol. The normalized spacial score (nSPS) is 12.9. The van der Waals surface area contributed by atoms with Gasteiger partial charge in [-0.25, -0.2) is 29.9 Å². The van der Waals surface area contributed by atoms with Gasteiger partial charge in [-0.3, -0.25) is 0 Å². The molecule has 10 N–H and O–H groups in total. The molecule has 5 heterocycles. The van der Waals surface area contributed by atoms with Crippen LogP contribution in [0.4, 0.5) is 22.7 Å². The standard InChI is InChI=1S/C52H58Br4N12O4/c1-49(2,21-69)17-57-29-13-9-25(53)33-37(29)45-62-41(33)61-42-34-26(54)10-15-31(59-19-51(5,6)23-71)39(34)47(63-42)68-48-40-32(60-20-52(7,8)24-72)16-12-28(56)36(40)44(67-48)66-46-38-30(58-18-50(3,4)22-70)14-11-27(55)35(38)43(64-45)65-46/h9-16,57-60,69-72H,17-24H2,1-8H3,(H2,61,62,63,64,65,66,67,68).